The Kier molecular flexibility index (Phi) is 7.38. The number of ether oxygens (including phenoxy) is 1. The largest absolute Gasteiger partial charge is 0.462 e. The molecule has 0 aliphatic heterocycles. The molecule has 2 aromatic rings. The third-order valence-corrected chi connectivity index (χ3v) is 3.97. The first-order valence-corrected chi connectivity index (χ1v) is 9.00. The normalized spacial score (nSPS) is 11.6. The Hall–Kier alpha value is -2.88. The van der Waals surface area contributed by atoms with Gasteiger partial charge >= 0.3 is 12.1 Å². The van der Waals surface area contributed by atoms with E-state index in [2.05, 4.69) is 15.2 Å². The summed E-state index contributed by atoms with van der Waals surface area (Å²) in [4.78, 5) is 26.0. The minimum atomic E-state index is -4.82. The summed E-state index contributed by atoms with van der Waals surface area (Å²) in [5.74, 6) is -1.42. The molecule has 0 aliphatic rings. The first-order chi connectivity index (χ1) is 13.6. The molecule has 1 amide bonds. The lowest BCUT2D eigenvalue weighted by Crippen LogP contribution is -2.27. The van der Waals surface area contributed by atoms with E-state index in [1.165, 1.54) is 31.2 Å². The smallest absolute Gasteiger partial charge is 0.434 e. The maximum Gasteiger partial charge on any atom is 0.434 e. The van der Waals surface area contributed by atoms with Crippen LogP contribution in [0.25, 0.3) is 5.69 Å². The Balaban J connectivity index is 2.21. The van der Waals surface area contributed by atoms with Crippen molar-refractivity contribution in [2.75, 3.05) is 33.8 Å². The molecule has 0 saturated heterocycles. The van der Waals surface area contributed by atoms with E-state index in [0.717, 1.165) is 19.2 Å². The fourth-order valence-corrected chi connectivity index (χ4v) is 2.63. The van der Waals surface area contributed by atoms with Crippen molar-refractivity contribution in [1.82, 2.24) is 20.0 Å². The molecule has 0 aliphatic carbocycles. The fourth-order valence-electron chi connectivity index (χ4n) is 2.63. The van der Waals surface area contributed by atoms with Crippen molar-refractivity contribution in [1.29, 1.82) is 0 Å². The van der Waals surface area contributed by atoms with Crippen LogP contribution in [-0.2, 0) is 10.9 Å². The fraction of sp³-hybridized carbons (Fsp3) is 0.421. The number of nitrogens with zero attached hydrogens (tertiary/aromatic N) is 3. The molecule has 1 heterocycles. The molecule has 2 rings (SSSR count). The Labute approximate surface area is 166 Å². The maximum absolute atomic E-state index is 13.5. The lowest BCUT2D eigenvalue weighted by molar-refractivity contribution is -0.143. The van der Waals surface area contributed by atoms with Crippen LogP contribution in [-0.4, -0.2) is 60.3 Å². The van der Waals surface area contributed by atoms with Gasteiger partial charge in [0.15, 0.2) is 5.69 Å². The van der Waals surface area contributed by atoms with Crippen molar-refractivity contribution in [2.45, 2.75) is 19.5 Å². The summed E-state index contributed by atoms with van der Waals surface area (Å²) in [6, 6.07) is 5.49. The zero-order chi connectivity index (χ0) is 21.6. The van der Waals surface area contributed by atoms with Crippen molar-refractivity contribution >= 4 is 11.9 Å². The quantitative estimate of drug-likeness (QED) is 0.533. The van der Waals surface area contributed by atoms with Crippen LogP contribution >= 0.6 is 0 Å². The first-order valence-electron chi connectivity index (χ1n) is 9.00. The van der Waals surface area contributed by atoms with E-state index < -0.39 is 23.4 Å². The Morgan fingerprint density at radius 1 is 1.21 bits per heavy atom. The number of hydrogen-bond donors (Lipinski definition) is 1. The van der Waals surface area contributed by atoms with E-state index >= 15 is 0 Å². The van der Waals surface area contributed by atoms with Gasteiger partial charge in [0.2, 0.25) is 0 Å². The second-order valence-corrected chi connectivity index (χ2v) is 6.50. The van der Waals surface area contributed by atoms with Crippen LogP contribution in [0, 0.1) is 0 Å². The van der Waals surface area contributed by atoms with E-state index in [-0.39, 0.29) is 18.2 Å². The van der Waals surface area contributed by atoms with Crippen LogP contribution in [0.15, 0.2) is 30.5 Å². The average Bonchev–Trinajstić information content (AvgIpc) is 3.11. The van der Waals surface area contributed by atoms with E-state index in [9.17, 15) is 22.8 Å². The van der Waals surface area contributed by atoms with E-state index in [1.54, 1.807) is 0 Å². The lowest BCUT2D eigenvalue weighted by atomic mass is 10.2. The highest BCUT2D eigenvalue weighted by Crippen LogP contribution is 2.34. The van der Waals surface area contributed by atoms with E-state index in [1.807, 2.05) is 19.0 Å². The highest BCUT2D eigenvalue weighted by molar-refractivity contribution is 5.94. The van der Waals surface area contributed by atoms with Crippen molar-refractivity contribution < 1.29 is 27.5 Å². The molecule has 0 unspecified atom stereocenters. The van der Waals surface area contributed by atoms with Crippen LogP contribution in [0.4, 0.5) is 13.2 Å². The molecule has 0 bridgehead atoms. The van der Waals surface area contributed by atoms with Gasteiger partial charge in [0.05, 0.1) is 18.5 Å². The van der Waals surface area contributed by atoms with Gasteiger partial charge in [-0.2, -0.15) is 18.3 Å². The van der Waals surface area contributed by atoms with E-state index in [0.29, 0.717) is 16.8 Å². The van der Waals surface area contributed by atoms with Gasteiger partial charge in [0, 0.05) is 12.1 Å². The van der Waals surface area contributed by atoms with Crippen molar-refractivity contribution in [3.8, 4) is 5.69 Å². The Morgan fingerprint density at radius 2 is 1.86 bits per heavy atom. The predicted molar refractivity (Wildman–Crippen MR) is 100 cm³/mol. The van der Waals surface area contributed by atoms with E-state index in [4.69, 9.17) is 0 Å². The van der Waals surface area contributed by atoms with Gasteiger partial charge in [-0.3, -0.25) is 4.79 Å². The molecule has 1 N–H and O–H groups in total. The second kappa shape index (κ2) is 9.55. The van der Waals surface area contributed by atoms with Crippen molar-refractivity contribution in [2.24, 2.45) is 0 Å². The number of nitrogens with one attached hydrogen (secondary N) is 1. The van der Waals surface area contributed by atoms with Gasteiger partial charge in [-0.1, -0.05) is 0 Å². The third kappa shape index (κ3) is 5.80. The average molecular weight is 412 g/mol. The van der Waals surface area contributed by atoms with Gasteiger partial charge < -0.3 is 15.0 Å². The summed E-state index contributed by atoms with van der Waals surface area (Å²) in [6.45, 7) is 2.75. The number of rotatable bonds is 8. The number of halogens is 3. The summed E-state index contributed by atoms with van der Waals surface area (Å²) >= 11 is 0. The number of aromatic nitrogens is 2. The standard InChI is InChI=1S/C19H23F3N4O3/c1-4-29-18(28)15-12-24-26(16(15)19(20,21)22)14-8-6-13(7-9-14)17(27)23-10-5-11-25(2)3/h6-9,12H,4-5,10-11H2,1-3H3,(H,23,27). The van der Waals surface area contributed by atoms with Gasteiger partial charge in [0.1, 0.15) is 5.56 Å². The molecule has 29 heavy (non-hydrogen) atoms. The molecule has 158 valence electrons. The molecule has 1 aromatic carbocycles. The molecule has 10 heteroatoms. The Bertz CT molecular complexity index is 845. The van der Waals surface area contributed by atoms with Crippen LogP contribution in [0.1, 0.15) is 39.8 Å². The van der Waals surface area contributed by atoms with Gasteiger partial charge in [-0.05, 0) is 58.3 Å². The molecule has 1 aromatic heterocycles. The highest BCUT2D eigenvalue weighted by Gasteiger charge is 2.41. The molecular formula is C19H23F3N4O3. The second-order valence-electron chi connectivity index (χ2n) is 6.50. The van der Waals surface area contributed by atoms with Crippen molar-refractivity contribution in [3.63, 3.8) is 0 Å². The van der Waals surface area contributed by atoms with Crippen LogP contribution in [0.2, 0.25) is 0 Å². The summed E-state index contributed by atoms with van der Waals surface area (Å²) in [5, 5.41) is 6.45. The minimum absolute atomic E-state index is 0.0559. The van der Waals surface area contributed by atoms with Gasteiger partial charge in [-0.15, -0.1) is 0 Å². The number of benzene rings is 1. The number of carbonyl (C=O) groups is 2. The molecule has 0 spiro atoms. The molecule has 7 nitrogen and oxygen atoms in total. The number of esters is 1. The summed E-state index contributed by atoms with van der Waals surface area (Å²) in [7, 11) is 3.86. The topological polar surface area (TPSA) is 76.5 Å². The third-order valence-electron chi connectivity index (χ3n) is 3.97. The monoisotopic (exact) mass is 412 g/mol. The van der Waals surface area contributed by atoms with Crippen LogP contribution in [0.5, 0.6) is 0 Å². The zero-order valence-corrected chi connectivity index (χ0v) is 16.4. The van der Waals surface area contributed by atoms with Gasteiger partial charge in [-0.25, -0.2) is 9.48 Å². The number of hydrogen-bond acceptors (Lipinski definition) is 5. The molecular weight excluding hydrogens is 389 g/mol. The molecule has 0 atom stereocenters. The molecule has 0 radical (unpaired) electrons. The highest BCUT2D eigenvalue weighted by atomic mass is 19.4. The first kappa shape index (κ1) is 22.4. The number of alkyl halides is 3. The summed E-state index contributed by atoms with van der Waals surface area (Å²) in [5.41, 5.74) is -1.51. The number of amides is 1. The maximum atomic E-state index is 13.5. The van der Waals surface area contributed by atoms with Crippen molar-refractivity contribution in [3.05, 3.63) is 47.3 Å². The van der Waals surface area contributed by atoms with Gasteiger partial charge in [0.25, 0.3) is 5.91 Å². The summed E-state index contributed by atoms with van der Waals surface area (Å²) in [6.07, 6.45) is -3.22. The van der Waals surface area contributed by atoms with Crippen LogP contribution in [0.3, 0.4) is 0 Å². The molecule has 0 fully saturated rings. The Morgan fingerprint density at radius 3 is 2.41 bits per heavy atom. The SMILES string of the molecule is CCOC(=O)c1cnn(-c2ccc(C(=O)NCCCN(C)C)cc2)c1C(F)(F)F. The predicted octanol–water partition coefficient (Wildman–Crippen LogP) is 2.75. The zero-order valence-electron chi connectivity index (χ0n) is 16.4. The number of carbonyl (C=O) groups excluding carboxylic acids is 2. The lowest BCUT2D eigenvalue weighted by Gasteiger charge is -2.13. The molecule has 0 saturated carbocycles. The minimum Gasteiger partial charge on any atom is -0.462 e. The van der Waals surface area contributed by atoms with Crippen LogP contribution < -0.4 is 5.32 Å². The summed E-state index contributed by atoms with van der Waals surface area (Å²) < 4.78 is 45.9.